The average Bonchev–Trinajstić information content (AvgIpc) is 3.19. The minimum atomic E-state index is -3.59. The second-order valence-electron chi connectivity index (χ2n) is 5.05. The first kappa shape index (κ1) is 15.1. The first-order valence-electron chi connectivity index (χ1n) is 7.27. The summed E-state index contributed by atoms with van der Waals surface area (Å²) in [6, 6.07) is 6.46. The third-order valence-electron chi connectivity index (χ3n) is 3.68. The SMILES string of the molecule is CCOc1ccc(S(=O)(=O)N2CCCC2c2ccco2)cn1. The van der Waals surface area contributed by atoms with Crippen LogP contribution in [-0.2, 0) is 10.0 Å². The minimum Gasteiger partial charge on any atom is -0.478 e. The predicted molar refractivity (Wildman–Crippen MR) is 80.0 cm³/mol. The molecule has 1 aliphatic rings. The average molecular weight is 322 g/mol. The van der Waals surface area contributed by atoms with Crippen LogP contribution in [0.3, 0.4) is 0 Å². The summed E-state index contributed by atoms with van der Waals surface area (Å²) in [4.78, 5) is 4.22. The van der Waals surface area contributed by atoms with Crippen LogP contribution in [0.15, 0.2) is 46.0 Å². The molecule has 118 valence electrons. The van der Waals surface area contributed by atoms with Crippen molar-refractivity contribution >= 4 is 10.0 Å². The topological polar surface area (TPSA) is 72.6 Å². The number of rotatable bonds is 5. The smallest absolute Gasteiger partial charge is 0.245 e. The maximum absolute atomic E-state index is 12.8. The molecule has 3 rings (SSSR count). The summed E-state index contributed by atoms with van der Waals surface area (Å²) in [5.74, 6) is 1.10. The van der Waals surface area contributed by atoms with E-state index in [1.807, 2.05) is 13.0 Å². The van der Waals surface area contributed by atoms with Gasteiger partial charge in [-0.1, -0.05) is 0 Å². The molecule has 0 bridgehead atoms. The van der Waals surface area contributed by atoms with E-state index < -0.39 is 10.0 Å². The van der Waals surface area contributed by atoms with Crippen LogP contribution in [0.2, 0.25) is 0 Å². The fourth-order valence-electron chi connectivity index (χ4n) is 2.68. The molecule has 0 aliphatic carbocycles. The maximum atomic E-state index is 12.8. The van der Waals surface area contributed by atoms with E-state index in [2.05, 4.69) is 4.98 Å². The zero-order valence-corrected chi connectivity index (χ0v) is 13.1. The molecule has 0 saturated carbocycles. The van der Waals surface area contributed by atoms with Gasteiger partial charge in [-0.05, 0) is 38.0 Å². The Kier molecular flexibility index (Phi) is 4.17. The quantitative estimate of drug-likeness (QED) is 0.846. The zero-order chi connectivity index (χ0) is 15.6. The summed E-state index contributed by atoms with van der Waals surface area (Å²) in [5.41, 5.74) is 0. The second-order valence-corrected chi connectivity index (χ2v) is 6.94. The molecule has 0 radical (unpaired) electrons. The Morgan fingerprint density at radius 2 is 2.27 bits per heavy atom. The molecule has 2 aromatic rings. The number of sulfonamides is 1. The number of furan rings is 1. The third-order valence-corrected chi connectivity index (χ3v) is 5.58. The lowest BCUT2D eigenvalue weighted by atomic mass is 10.2. The summed E-state index contributed by atoms with van der Waals surface area (Å²) in [5, 5.41) is 0. The number of aromatic nitrogens is 1. The molecule has 0 spiro atoms. The Balaban J connectivity index is 1.88. The van der Waals surface area contributed by atoms with Gasteiger partial charge in [0, 0.05) is 12.6 Å². The van der Waals surface area contributed by atoms with E-state index in [1.54, 1.807) is 18.4 Å². The Morgan fingerprint density at radius 1 is 1.41 bits per heavy atom. The number of pyridine rings is 1. The predicted octanol–water partition coefficient (Wildman–Crippen LogP) is 2.60. The van der Waals surface area contributed by atoms with Crippen LogP contribution in [0.4, 0.5) is 0 Å². The van der Waals surface area contributed by atoms with Crippen molar-refractivity contribution in [3.8, 4) is 5.88 Å². The summed E-state index contributed by atoms with van der Waals surface area (Å²) in [7, 11) is -3.59. The molecule has 6 nitrogen and oxygen atoms in total. The van der Waals surface area contributed by atoms with Crippen LogP contribution in [0.5, 0.6) is 5.88 Å². The van der Waals surface area contributed by atoms with Crippen LogP contribution in [-0.4, -0.2) is 30.9 Å². The van der Waals surface area contributed by atoms with Gasteiger partial charge in [-0.25, -0.2) is 13.4 Å². The lowest BCUT2D eigenvalue weighted by Gasteiger charge is -2.22. The van der Waals surface area contributed by atoms with Gasteiger partial charge in [0.2, 0.25) is 15.9 Å². The normalized spacial score (nSPS) is 19.4. The molecule has 1 atom stereocenters. The summed E-state index contributed by atoms with van der Waals surface area (Å²) >= 11 is 0. The molecule has 0 aromatic carbocycles. The molecule has 2 aromatic heterocycles. The van der Waals surface area contributed by atoms with Crippen LogP contribution in [0.25, 0.3) is 0 Å². The van der Waals surface area contributed by atoms with E-state index in [4.69, 9.17) is 9.15 Å². The highest BCUT2D eigenvalue weighted by molar-refractivity contribution is 7.89. The number of ether oxygens (including phenoxy) is 1. The lowest BCUT2D eigenvalue weighted by Crippen LogP contribution is -2.30. The minimum absolute atomic E-state index is 0.175. The van der Waals surface area contributed by atoms with E-state index in [0.29, 0.717) is 24.8 Å². The Hall–Kier alpha value is -1.86. The largest absolute Gasteiger partial charge is 0.478 e. The Bertz CT molecular complexity index is 711. The van der Waals surface area contributed by atoms with E-state index in [-0.39, 0.29) is 10.9 Å². The number of nitrogens with zero attached hydrogens (tertiary/aromatic N) is 2. The standard InChI is InChI=1S/C15H18N2O4S/c1-2-20-15-8-7-12(11-16-15)22(18,19)17-9-3-5-13(17)14-6-4-10-21-14/h4,6-8,10-11,13H,2-3,5,9H2,1H3. The van der Waals surface area contributed by atoms with Crippen LogP contribution in [0, 0.1) is 0 Å². The molecule has 1 aliphatic heterocycles. The van der Waals surface area contributed by atoms with Gasteiger partial charge in [0.05, 0.1) is 25.1 Å². The first-order chi connectivity index (χ1) is 10.6. The molecule has 3 heterocycles. The van der Waals surface area contributed by atoms with Crippen molar-refractivity contribution in [2.45, 2.75) is 30.7 Å². The van der Waals surface area contributed by atoms with Crippen molar-refractivity contribution in [1.29, 1.82) is 0 Å². The monoisotopic (exact) mass is 322 g/mol. The van der Waals surface area contributed by atoms with E-state index in [0.717, 1.165) is 12.8 Å². The molecule has 0 amide bonds. The van der Waals surface area contributed by atoms with Gasteiger partial charge >= 0.3 is 0 Å². The second kappa shape index (κ2) is 6.10. The molecule has 1 saturated heterocycles. The fraction of sp³-hybridized carbons (Fsp3) is 0.400. The molecule has 1 fully saturated rings. The number of hydrogen-bond donors (Lipinski definition) is 0. The van der Waals surface area contributed by atoms with Crippen molar-refractivity contribution in [2.75, 3.05) is 13.2 Å². The Labute approximate surface area is 129 Å². The molecule has 22 heavy (non-hydrogen) atoms. The van der Waals surface area contributed by atoms with E-state index >= 15 is 0 Å². The molecular formula is C15H18N2O4S. The van der Waals surface area contributed by atoms with Gasteiger partial charge in [0.25, 0.3) is 0 Å². The first-order valence-corrected chi connectivity index (χ1v) is 8.71. The van der Waals surface area contributed by atoms with Gasteiger partial charge in [-0.2, -0.15) is 4.31 Å². The fourth-order valence-corrected chi connectivity index (χ4v) is 4.29. The van der Waals surface area contributed by atoms with Gasteiger partial charge in [0.1, 0.15) is 10.7 Å². The van der Waals surface area contributed by atoms with Crippen molar-refractivity contribution < 1.29 is 17.6 Å². The summed E-state index contributed by atoms with van der Waals surface area (Å²) < 4.78 is 37.7. The summed E-state index contributed by atoms with van der Waals surface area (Å²) in [6.07, 6.45) is 4.49. The van der Waals surface area contributed by atoms with Crippen molar-refractivity contribution in [1.82, 2.24) is 9.29 Å². The highest BCUT2D eigenvalue weighted by Gasteiger charge is 2.37. The third kappa shape index (κ3) is 2.74. The van der Waals surface area contributed by atoms with Crippen molar-refractivity contribution in [2.24, 2.45) is 0 Å². The van der Waals surface area contributed by atoms with Gasteiger partial charge < -0.3 is 9.15 Å². The van der Waals surface area contributed by atoms with Crippen LogP contribution < -0.4 is 4.74 Å². The van der Waals surface area contributed by atoms with Crippen LogP contribution >= 0.6 is 0 Å². The zero-order valence-electron chi connectivity index (χ0n) is 12.3. The van der Waals surface area contributed by atoms with Gasteiger partial charge in [-0.15, -0.1) is 0 Å². The maximum Gasteiger partial charge on any atom is 0.245 e. The molecular weight excluding hydrogens is 304 g/mol. The van der Waals surface area contributed by atoms with Crippen molar-refractivity contribution in [3.05, 3.63) is 42.5 Å². The van der Waals surface area contributed by atoms with Gasteiger partial charge in [0.15, 0.2) is 0 Å². The molecule has 1 unspecified atom stereocenters. The highest BCUT2D eigenvalue weighted by atomic mass is 32.2. The van der Waals surface area contributed by atoms with Gasteiger partial charge in [-0.3, -0.25) is 0 Å². The molecule has 0 N–H and O–H groups in total. The van der Waals surface area contributed by atoms with Crippen molar-refractivity contribution in [3.63, 3.8) is 0 Å². The lowest BCUT2D eigenvalue weighted by molar-refractivity contribution is 0.325. The number of hydrogen-bond acceptors (Lipinski definition) is 5. The Morgan fingerprint density at radius 3 is 2.91 bits per heavy atom. The van der Waals surface area contributed by atoms with E-state index in [9.17, 15) is 8.42 Å². The molecule has 7 heteroatoms. The highest BCUT2D eigenvalue weighted by Crippen LogP contribution is 2.36. The summed E-state index contributed by atoms with van der Waals surface area (Å²) in [6.45, 7) is 2.83. The van der Waals surface area contributed by atoms with E-state index in [1.165, 1.54) is 16.6 Å². The van der Waals surface area contributed by atoms with Crippen LogP contribution in [0.1, 0.15) is 31.6 Å².